The van der Waals surface area contributed by atoms with Crippen molar-refractivity contribution in [1.82, 2.24) is 0 Å². The van der Waals surface area contributed by atoms with Crippen LogP contribution in [0.3, 0.4) is 0 Å². The normalized spacial score (nSPS) is 43.0. The molecule has 1 aliphatic carbocycles. The summed E-state index contributed by atoms with van der Waals surface area (Å²) in [6.07, 6.45) is 0.0358. The molecule has 0 aromatic rings. The van der Waals surface area contributed by atoms with Crippen LogP contribution in [0.25, 0.3) is 0 Å². The van der Waals surface area contributed by atoms with E-state index in [1.807, 2.05) is 6.92 Å². The van der Waals surface area contributed by atoms with Crippen LogP contribution in [0.15, 0.2) is 0 Å². The first-order chi connectivity index (χ1) is 7.82. The lowest BCUT2D eigenvalue weighted by Gasteiger charge is -2.57. The molecule has 0 heterocycles. The van der Waals surface area contributed by atoms with Gasteiger partial charge in [-0.1, -0.05) is 55.4 Å². The van der Waals surface area contributed by atoms with Gasteiger partial charge in [0.15, 0.2) is 0 Å². The fourth-order valence-electron chi connectivity index (χ4n) is 3.40. The van der Waals surface area contributed by atoms with E-state index < -0.39 is 12.2 Å². The number of hydrogen-bond acceptors (Lipinski definition) is 2. The van der Waals surface area contributed by atoms with Crippen LogP contribution < -0.4 is 0 Å². The van der Waals surface area contributed by atoms with Crippen LogP contribution in [0.1, 0.15) is 61.8 Å². The fraction of sp³-hybridized carbons (Fsp3) is 1.00. The Kier molecular flexibility index (Phi) is 3.98. The first-order valence-corrected chi connectivity index (χ1v) is 7.18. The highest BCUT2D eigenvalue weighted by atomic mass is 16.3. The van der Waals surface area contributed by atoms with E-state index in [0.29, 0.717) is 0 Å². The second-order valence-electron chi connectivity index (χ2n) is 8.64. The summed E-state index contributed by atoms with van der Waals surface area (Å²) in [6, 6.07) is 0. The fourth-order valence-corrected chi connectivity index (χ4v) is 3.40. The topological polar surface area (TPSA) is 40.5 Å². The minimum Gasteiger partial charge on any atom is -0.392 e. The first kappa shape index (κ1) is 16.0. The average Bonchev–Trinajstić information content (AvgIpc) is 2.17. The molecule has 1 saturated carbocycles. The molecule has 18 heavy (non-hydrogen) atoms. The van der Waals surface area contributed by atoms with Crippen molar-refractivity contribution in [2.24, 2.45) is 28.1 Å². The largest absolute Gasteiger partial charge is 0.392 e. The smallest absolute Gasteiger partial charge is 0.0649 e. The molecule has 1 fully saturated rings. The standard InChI is InChI=1S/C16H32O2/c1-10-12(17)11(14(2,3)4)9-16(8,13(10)18)15(5,6)7/h10-13,17-18H,9H2,1-8H3/t10-,11?,12?,13+,16-/m1/s1. The van der Waals surface area contributed by atoms with Crippen molar-refractivity contribution in [3.05, 3.63) is 0 Å². The Morgan fingerprint density at radius 1 is 1.00 bits per heavy atom. The van der Waals surface area contributed by atoms with Crippen LogP contribution in [0.5, 0.6) is 0 Å². The Morgan fingerprint density at radius 3 is 1.78 bits per heavy atom. The molecular formula is C16H32O2. The van der Waals surface area contributed by atoms with E-state index in [4.69, 9.17) is 0 Å². The van der Waals surface area contributed by atoms with Crippen molar-refractivity contribution in [2.75, 3.05) is 0 Å². The zero-order valence-electron chi connectivity index (χ0n) is 13.4. The van der Waals surface area contributed by atoms with Crippen LogP contribution >= 0.6 is 0 Å². The zero-order chi connectivity index (χ0) is 14.5. The predicted molar refractivity (Wildman–Crippen MR) is 76.3 cm³/mol. The highest BCUT2D eigenvalue weighted by Gasteiger charge is 2.55. The van der Waals surface area contributed by atoms with Gasteiger partial charge in [0.05, 0.1) is 12.2 Å². The SMILES string of the molecule is C[C@@H]1C(O)C(C(C)(C)C)C[C@@](C)(C(C)(C)C)[C@H]1O. The quantitative estimate of drug-likeness (QED) is 0.697. The molecule has 108 valence electrons. The second kappa shape index (κ2) is 4.49. The molecule has 0 aromatic heterocycles. The molecule has 0 aromatic carbocycles. The number of rotatable bonds is 0. The van der Waals surface area contributed by atoms with Gasteiger partial charge in [0.25, 0.3) is 0 Å². The van der Waals surface area contributed by atoms with Crippen molar-refractivity contribution in [1.29, 1.82) is 0 Å². The van der Waals surface area contributed by atoms with Gasteiger partial charge in [0.2, 0.25) is 0 Å². The molecule has 0 saturated heterocycles. The van der Waals surface area contributed by atoms with E-state index in [9.17, 15) is 10.2 Å². The average molecular weight is 256 g/mol. The highest BCUT2D eigenvalue weighted by molar-refractivity contribution is 5.04. The van der Waals surface area contributed by atoms with E-state index in [1.54, 1.807) is 0 Å². The van der Waals surface area contributed by atoms with E-state index in [-0.39, 0.29) is 28.1 Å². The van der Waals surface area contributed by atoms with Gasteiger partial charge in [-0.3, -0.25) is 0 Å². The Labute approximate surface area is 113 Å². The lowest BCUT2D eigenvalue weighted by Crippen LogP contribution is -2.58. The molecule has 2 heteroatoms. The van der Waals surface area contributed by atoms with Crippen molar-refractivity contribution in [3.63, 3.8) is 0 Å². The number of aliphatic hydroxyl groups excluding tert-OH is 2. The summed E-state index contributed by atoms with van der Waals surface area (Å²) in [5.41, 5.74) is -0.0474. The summed E-state index contributed by atoms with van der Waals surface area (Å²) in [7, 11) is 0. The monoisotopic (exact) mass is 256 g/mol. The maximum atomic E-state index is 10.6. The Bertz CT molecular complexity index is 297. The molecular weight excluding hydrogens is 224 g/mol. The number of hydrogen-bond donors (Lipinski definition) is 2. The highest BCUT2D eigenvalue weighted by Crippen LogP contribution is 2.55. The maximum absolute atomic E-state index is 10.6. The van der Waals surface area contributed by atoms with Gasteiger partial charge < -0.3 is 10.2 Å². The lowest BCUT2D eigenvalue weighted by atomic mass is 9.51. The molecule has 0 radical (unpaired) electrons. The van der Waals surface area contributed by atoms with Gasteiger partial charge in [-0.25, -0.2) is 0 Å². The number of aliphatic hydroxyl groups is 2. The van der Waals surface area contributed by atoms with Gasteiger partial charge in [0.1, 0.15) is 0 Å². The van der Waals surface area contributed by atoms with E-state index in [2.05, 4.69) is 48.5 Å². The first-order valence-electron chi connectivity index (χ1n) is 7.18. The minimum absolute atomic E-state index is 0.0321. The van der Waals surface area contributed by atoms with Crippen LogP contribution in [0.4, 0.5) is 0 Å². The molecule has 1 aliphatic rings. The molecule has 0 aliphatic heterocycles. The molecule has 1 rings (SSSR count). The summed E-state index contributed by atoms with van der Waals surface area (Å²) in [5, 5.41) is 21.1. The Balaban J connectivity index is 3.17. The summed E-state index contributed by atoms with van der Waals surface area (Å²) < 4.78 is 0. The zero-order valence-corrected chi connectivity index (χ0v) is 13.4. The third kappa shape index (κ3) is 2.46. The van der Waals surface area contributed by atoms with Crippen LogP contribution in [-0.2, 0) is 0 Å². The van der Waals surface area contributed by atoms with E-state index in [1.165, 1.54) is 0 Å². The molecule has 5 atom stereocenters. The third-order valence-electron chi connectivity index (χ3n) is 5.57. The summed E-state index contributed by atoms with van der Waals surface area (Å²) in [6.45, 7) is 17.3. The van der Waals surface area contributed by atoms with Gasteiger partial charge >= 0.3 is 0 Å². The van der Waals surface area contributed by atoms with Crippen LogP contribution in [0.2, 0.25) is 0 Å². The third-order valence-corrected chi connectivity index (χ3v) is 5.57. The van der Waals surface area contributed by atoms with Gasteiger partial charge in [-0.2, -0.15) is 0 Å². The van der Waals surface area contributed by atoms with E-state index in [0.717, 1.165) is 6.42 Å². The Morgan fingerprint density at radius 2 is 1.44 bits per heavy atom. The van der Waals surface area contributed by atoms with Gasteiger partial charge in [0, 0.05) is 5.92 Å². The van der Waals surface area contributed by atoms with Crippen LogP contribution in [0, 0.1) is 28.1 Å². The predicted octanol–water partition coefficient (Wildman–Crippen LogP) is 3.46. The van der Waals surface area contributed by atoms with Crippen molar-refractivity contribution < 1.29 is 10.2 Å². The summed E-state index contributed by atoms with van der Waals surface area (Å²) in [5.74, 6) is 0.173. The molecule has 0 spiro atoms. The maximum Gasteiger partial charge on any atom is 0.0649 e. The second-order valence-corrected chi connectivity index (χ2v) is 8.64. The Hall–Kier alpha value is -0.0800. The van der Waals surface area contributed by atoms with Crippen molar-refractivity contribution >= 4 is 0 Å². The summed E-state index contributed by atoms with van der Waals surface area (Å²) >= 11 is 0. The van der Waals surface area contributed by atoms with E-state index >= 15 is 0 Å². The van der Waals surface area contributed by atoms with Crippen molar-refractivity contribution in [3.8, 4) is 0 Å². The molecule has 0 bridgehead atoms. The lowest BCUT2D eigenvalue weighted by molar-refractivity contribution is -0.177. The molecule has 2 N–H and O–H groups in total. The molecule has 2 unspecified atom stereocenters. The van der Waals surface area contributed by atoms with Crippen LogP contribution in [-0.4, -0.2) is 22.4 Å². The van der Waals surface area contributed by atoms with Gasteiger partial charge in [-0.15, -0.1) is 0 Å². The summed E-state index contributed by atoms with van der Waals surface area (Å²) in [4.78, 5) is 0. The van der Waals surface area contributed by atoms with Crippen molar-refractivity contribution in [2.45, 2.75) is 74.0 Å². The minimum atomic E-state index is -0.439. The molecule has 2 nitrogen and oxygen atoms in total. The van der Waals surface area contributed by atoms with Gasteiger partial charge in [-0.05, 0) is 28.6 Å². The molecule has 0 amide bonds.